The van der Waals surface area contributed by atoms with Crippen LogP contribution in [0.25, 0.3) is 0 Å². The second-order valence-electron chi connectivity index (χ2n) is 6.25. The highest BCUT2D eigenvalue weighted by molar-refractivity contribution is 5.32. The molecule has 3 unspecified atom stereocenters. The maximum Gasteiger partial charge on any atom is 0.320 e. The fraction of sp³-hybridized carbons (Fsp3) is 0.545. The zero-order valence-electron chi connectivity index (χ0n) is 18.2. The molecule has 8 nitrogen and oxygen atoms in total. The summed E-state index contributed by atoms with van der Waals surface area (Å²) in [6, 6.07) is 0.163. The molecular weight excluding hydrogens is 388 g/mol. The van der Waals surface area contributed by atoms with Crippen LogP contribution < -0.4 is 14.2 Å². The number of ether oxygens (including phenoxy) is 6. The molecule has 0 spiro atoms. The second-order valence-corrected chi connectivity index (χ2v) is 6.25. The monoisotopic (exact) mass is 422 g/mol. The van der Waals surface area contributed by atoms with Gasteiger partial charge in [0.1, 0.15) is 38.1 Å². The summed E-state index contributed by atoms with van der Waals surface area (Å²) in [6.07, 6.45) is 7.53. The van der Waals surface area contributed by atoms with Gasteiger partial charge in [0.15, 0.2) is 5.75 Å². The lowest BCUT2D eigenvalue weighted by molar-refractivity contribution is 0.0687. The van der Waals surface area contributed by atoms with E-state index in [-0.39, 0.29) is 43.4 Å². The Hall–Kier alpha value is -2.90. The number of rotatable bonds is 18. The zero-order valence-corrected chi connectivity index (χ0v) is 18.2. The summed E-state index contributed by atoms with van der Waals surface area (Å²) < 4.78 is 33.5. The van der Waals surface area contributed by atoms with Crippen molar-refractivity contribution in [3.05, 3.63) is 44.7 Å². The molecule has 0 radical (unpaired) electrons. The maximum absolute atomic E-state index is 5.85. The van der Waals surface area contributed by atoms with Gasteiger partial charge in [-0.2, -0.15) is 9.97 Å². The first-order valence-corrected chi connectivity index (χ1v) is 10.2. The predicted octanol–water partition coefficient (Wildman–Crippen LogP) is 4.43. The van der Waals surface area contributed by atoms with Crippen LogP contribution >= 0.6 is 0 Å². The highest BCUT2D eigenvalue weighted by atomic mass is 16.6. The average Bonchev–Trinajstić information content (AvgIpc) is 2.77. The number of hydrogen-bond donors (Lipinski definition) is 0. The molecule has 8 heteroatoms. The van der Waals surface area contributed by atoms with Crippen LogP contribution in [0.2, 0.25) is 0 Å². The summed E-state index contributed by atoms with van der Waals surface area (Å²) in [7, 11) is 0. The van der Waals surface area contributed by atoms with Gasteiger partial charge in [0.2, 0.25) is 0 Å². The largest absolute Gasteiger partial charge is 0.495 e. The molecule has 1 rings (SSSR count). The van der Waals surface area contributed by atoms with Crippen molar-refractivity contribution in [3.8, 4) is 17.6 Å². The molecule has 168 valence electrons. The lowest BCUT2D eigenvalue weighted by atomic mass is 10.3. The molecule has 0 aromatic carbocycles. The predicted molar refractivity (Wildman–Crippen MR) is 115 cm³/mol. The minimum absolute atomic E-state index is 0.139. The summed E-state index contributed by atoms with van der Waals surface area (Å²) >= 11 is 0. The highest BCUT2D eigenvalue weighted by Gasteiger charge is 2.17. The molecule has 1 aromatic heterocycles. The Kier molecular flexibility index (Phi) is 12.6. The molecule has 0 bridgehead atoms. The SMILES string of the molecule is C=COC(CC)COc1ncc(OCC(CC)OC=C)c(OCC(CC)OC=C)n1. The Morgan fingerprint density at radius 3 is 1.70 bits per heavy atom. The molecule has 0 aliphatic heterocycles. The van der Waals surface area contributed by atoms with E-state index >= 15 is 0 Å². The molecule has 0 fully saturated rings. The van der Waals surface area contributed by atoms with Crippen LogP contribution in [0.1, 0.15) is 40.0 Å². The normalized spacial score (nSPS) is 13.3. The third-order valence-electron chi connectivity index (χ3n) is 4.16. The summed E-state index contributed by atoms with van der Waals surface area (Å²) in [5.41, 5.74) is 0. The molecular formula is C22H34N2O6. The van der Waals surface area contributed by atoms with Crippen LogP contribution in [0.15, 0.2) is 44.7 Å². The van der Waals surface area contributed by atoms with Crippen molar-refractivity contribution in [2.75, 3.05) is 19.8 Å². The minimum Gasteiger partial charge on any atom is -0.495 e. The van der Waals surface area contributed by atoms with Crippen LogP contribution in [-0.4, -0.2) is 48.1 Å². The van der Waals surface area contributed by atoms with Gasteiger partial charge in [-0.25, -0.2) is 0 Å². The van der Waals surface area contributed by atoms with Gasteiger partial charge >= 0.3 is 6.01 Å². The van der Waals surface area contributed by atoms with Gasteiger partial charge in [0, 0.05) is 0 Å². The first-order valence-electron chi connectivity index (χ1n) is 10.2. The van der Waals surface area contributed by atoms with Gasteiger partial charge in [-0.05, 0) is 19.3 Å². The van der Waals surface area contributed by atoms with Crippen molar-refractivity contribution in [2.24, 2.45) is 0 Å². The van der Waals surface area contributed by atoms with Crippen molar-refractivity contribution >= 4 is 0 Å². The molecule has 30 heavy (non-hydrogen) atoms. The van der Waals surface area contributed by atoms with Gasteiger partial charge in [0.05, 0.1) is 25.0 Å². The third-order valence-corrected chi connectivity index (χ3v) is 4.16. The number of nitrogens with zero attached hydrogens (tertiary/aromatic N) is 2. The lowest BCUT2D eigenvalue weighted by Crippen LogP contribution is -2.22. The molecule has 0 saturated heterocycles. The Balaban J connectivity index is 2.91. The molecule has 0 saturated carbocycles. The topological polar surface area (TPSA) is 81.2 Å². The lowest BCUT2D eigenvalue weighted by Gasteiger charge is -2.19. The fourth-order valence-corrected chi connectivity index (χ4v) is 2.30. The maximum atomic E-state index is 5.85. The van der Waals surface area contributed by atoms with Gasteiger partial charge in [-0.3, -0.25) is 0 Å². The van der Waals surface area contributed by atoms with E-state index in [1.165, 1.54) is 25.0 Å². The fourth-order valence-electron chi connectivity index (χ4n) is 2.30. The van der Waals surface area contributed by atoms with E-state index in [1.54, 1.807) is 0 Å². The van der Waals surface area contributed by atoms with Gasteiger partial charge in [0.25, 0.3) is 5.88 Å². The van der Waals surface area contributed by atoms with Crippen LogP contribution in [0.3, 0.4) is 0 Å². The Morgan fingerprint density at radius 2 is 1.23 bits per heavy atom. The molecule has 0 aliphatic carbocycles. The summed E-state index contributed by atoms with van der Waals surface area (Å²) in [5, 5.41) is 0. The van der Waals surface area contributed by atoms with Crippen molar-refractivity contribution in [2.45, 2.75) is 58.3 Å². The van der Waals surface area contributed by atoms with Crippen molar-refractivity contribution in [1.29, 1.82) is 0 Å². The Bertz CT molecular complexity index is 640. The summed E-state index contributed by atoms with van der Waals surface area (Å²) in [6.45, 7) is 17.6. The van der Waals surface area contributed by atoms with E-state index in [9.17, 15) is 0 Å². The zero-order chi connectivity index (χ0) is 22.2. The Labute approximate surface area is 179 Å². The van der Waals surface area contributed by atoms with Crippen LogP contribution in [-0.2, 0) is 14.2 Å². The standard InChI is InChI=1S/C22H34N2O6/c1-7-17(25-10-4)14-28-20-13-23-22(30-16-19(9-3)27-12-6)24-21(20)29-15-18(8-2)26-11-5/h10-13,17-19H,4-9,14-16H2,1-3H3. The molecule has 1 aromatic rings. The second kappa shape index (κ2) is 15.0. The number of aromatic nitrogens is 2. The van der Waals surface area contributed by atoms with Crippen molar-refractivity contribution in [1.82, 2.24) is 9.97 Å². The van der Waals surface area contributed by atoms with Gasteiger partial charge in [-0.1, -0.05) is 40.5 Å². The number of hydrogen-bond acceptors (Lipinski definition) is 8. The Morgan fingerprint density at radius 1 is 0.767 bits per heavy atom. The molecule has 0 amide bonds. The van der Waals surface area contributed by atoms with Crippen LogP contribution in [0.4, 0.5) is 0 Å². The molecule has 0 aliphatic rings. The van der Waals surface area contributed by atoms with Crippen LogP contribution in [0.5, 0.6) is 17.6 Å². The first-order chi connectivity index (χ1) is 14.6. The van der Waals surface area contributed by atoms with Gasteiger partial charge < -0.3 is 28.4 Å². The quantitative estimate of drug-likeness (QED) is 0.321. The van der Waals surface area contributed by atoms with Gasteiger partial charge in [-0.15, -0.1) is 0 Å². The minimum atomic E-state index is -0.160. The molecule has 3 atom stereocenters. The third kappa shape index (κ3) is 9.07. The average molecular weight is 423 g/mol. The summed E-state index contributed by atoms with van der Waals surface area (Å²) in [4.78, 5) is 8.56. The van der Waals surface area contributed by atoms with Crippen molar-refractivity contribution < 1.29 is 28.4 Å². The smallest absolute Gasteiger partial charge is 0.320 e. The van der Waals surface area contributed by atoms with Crippen molar-refractivity contribution in [3.63, 3.8) is 0 Å². The molecule has 0 N–H and O–H groups in total. The van der Waals surface area contributed by atoms with E-state index in [4.69, 9.17) is 28.4 Å². The summed E-state index contributed by atoms with van der Waals surface area (Å²) in [5.74, 6) is 0.647. The van der Waals surface area contributed by atoms with E-state index in [0.29, 0.717) is 12.4 Å². The first kappa shape index (κ1) is 25.1. The highest BCUT2D eigenvalue weighted by Crippen LogP contribution is 2.27. The van der Waals surface area contributed by atoms with E-state index < -0.39 is 0 Å². The van der Waals surface area contributed by atoms with Crippen LogP contribution in [0, 0.1) is 0 Å². The van der Waals surface area contributed by atoms with E-state index in [2.05, 4.69) is 29.7 Å². The van der Waals surface area contributed by atoms with E-state index in [0.717, 1.165) is 19.3 Å². The van der Waals surface area contributed by atoms with E-state index in [1.807, 2.05) is 20.8 Å². The molecule has 1 heterocycles.